The summed E-state index contributed by atoms with van der Waals surface area (Å²) < 4.78 is 15.0. The molecule has 0 saturated heterocycles. The van der Waals surface area contributed by atoms with E-state index < -0.39 is 0 Å². The number of nitrogens with zero attached hydrogens (tertiary/aromatic N) is 2. The molecule has 164 valence electrons. The molecule has 1 unspecified atom stereocenters. The molecule has 31 heavy (non-hydrogen) atoms. The minimum absolute atomic E-state index is 0.0109. The van der Waals surface area contributed by atoms with Gasteiger partial charge in [-0.05, 0) is 51.3 Å². The minimum atomic E-state index is -0.347. The fourth-order valence-electron chi connectivity index (χ4n) is 4.11. The molecule has 1 aliphatic rings. The van der Waals surface area contributed by atoms with Crippen LogP contribution in [0.15, 0.2) is 34.2 Å². The van der Waals surface area contributed by atoms with E-state index in [1.165, 1.54) is 35.2 Å². The van der Waals surface area contributed by atoms with E-state index in [0.29, 0.717) is 21.9 Å². The Morgan fingerprint density at radius 2 is 2.00 bits per heavy atom. The maximum Gasteiger partial charge on any atom is 0.263 e. The summed E-state index contributed by atoms with van der Waals surface area (Å²) in [4.78, 5) is 32.5. The Morgan fingerprint density at radius 1 is 1.32 bits per heavy atom. The number of aryl methyl sites for hydroxylation is 1. The topological polar surface area (TPSA) is 64.0 Å². The number of thiophene rings is 1. The number of hydrogen-bond acceptors (Lipinski definition) is 5. The highest BCUT2D eigenvalue weighted by Crippen LogP contribution is 2.37. The van der Waals surface area contributed by atoms with Crippen molar-refractivity contribution in [1.29, 1.82) is 0 Å². The molecular weight excluding hydrogens is 433 g/mol. The lowest BCUT2D eigenvalue weighted by molar-refractivity contribution is -0.120. The van der Waals surface area contributed by atoms with Crippen LogP contribution in [-0.4, -0.2) is 26.8 Å². The molecule has 5 nitrogen and oxygen atoms in total. The van der Waals surface area contributed by atoms with Crippen LogP contribution in [0.1, 0.15) is 44.4 Å². The van der Waals surface area contributed by atoms with Gasteiger partial charge in [0.05, 0.1) is 10.6 Å². The van der Waals surface area contributed by atoms with Crippen LogP contribution in [-0.2, 0) is 11.3 Å². The molecule has 3 aromatic rings. The number of aromatic nitrogens is 2. The number of benzene rings is 1. The number of hydrogen-bond donors (Lipinski definition) is 1. The average Bonchev–Trinajstić information content (AvgIpc) is 3.36. The summed E-state index contributed by atoms with van der Waals surface area (Å²) in [5.74, 6) is -0.322. The van der Waals surface area contributed by atoms with Gasteiger partial charge in [0.1, 0.15) is 10.6 Å². The molecule has 1 atom stereocenters. The van der Waals surface area contributed by atoms with Crippen LogP contribution < -0.4 is 10.9 Å². The maximum atomic E-state index is 13.4. The van der Waals surface area contributed by atoms with E-state index in [-0.39, 0.29) is 28.6 Å². The van der Waals surface area contributed by atoms with Gasteiger partial charge in [-0.2, -0.15) is 0 Å². The Balaban J connectivity index is 1.70. The highest BCUT2D eigenvalue weighted by molar-refractivity contribution is 8.00. The van der Waals surface area contributed by atoms with Crippen molar-refractivity contribution in [1.82, 2.24) is 14.9 Å². The van der Waals surface area contributed by atoms with Crippen molar-refractivity contribution in [3.8, 4) is 11.1 Å². The second-order valence-electron chi connectivity index (χ2n) is 7.91. The number of fused-ring (bicyclic) bond motifs is 1. The normalized spacial score (nSPS) is 15.5. The van der Waals surface area contributed by atoms with Crippen molar-refractivity contribution in [2.24, 2.45) is 0 Å². The summed E-state index contributed by atoms with van der Waals surface area (Å²) in [5.41, 5.74) is 1.49. The van der Waals surface area contributed by atoms with Gasteiger partial charge in [0, 0.05) is 23.0 Å². The molecule has 8 heteroatoms. The Hall–Kier alpha value is -2.19. The summed E-state index contributed by atoms with van der Waals surface area (Å²) in [6, 6.07) is 6.45. The molecule has 0 radical (unpaired) electrons. The molecule has 1 amide bonds. The third-order valence-electron chi connectivity index (χ3n) is 5.75. The molecule has 1 saturated carbocycles. The van der Waals surface area contributed by atoms with Gasteiger partial charge in [0.25, 0.3) is 5.56 Å². The molecule has 2 heterocycles. The monoisotopic (exact) mass is 459 g/mol. The molecule has 1 aromatic carbocycles. The SMILES string of the molecule is CCn1c(SC(C)C(=O)NC2CCCC2)nc2sc(C)c(-c3ccc(F)cc3)c2c1=O. The second kappa shape index (κ2) is 9.12. The molecule has 1 aliphatic carbocycles. The Kier molecular flexibility index (Phi) is 6.48. The smallest absolute Gasteiger partial charge is 0.263 e. The zero-order valence-corrected chi connectivity index (χ0v) is 19.5. The molecule has 0 spiro atoms. The molecule has 0 aliphatic heterocycles. The summed E-state index contributed by atoms with van der Waals surface area (Å²) >= 11 is 2.78. The molecule has 1 N–H and O–H groups in total. The number of amides is 1. The number of halogens is 1. The van der Waals surface area contributed by atoms with E-state index in [1.807, 2.05) is 20.8 Å². The first-order valence-corrected chi connectivity index (χ1v) is 12.4. The third kappa shape index (κ3) is 4.41. The number of rotatable bonds is 6. The van der Waals surface area contributed by atoms with Gasteiger partial charge in [-0.15, -0.1) is 11.3 Å². The summed E-state index contributed by atoms with van der Waals surface area (Å²) in [5, 5.41) is 3.89. The first kappa shape index (κ1) is 22.0. The van der Waals surface area contributed by atoms with Crippen LogP contribution in [0.5, 0.6) is 0 Å². The minimum Gasteiger partial charge on any atom is -0.352 e. The van der Waals surface area contributed by atoms with Crippen LogP contribution in [0.25, 0.3) is 21.3 Å². The van der Waals surface area contributed by atoms with Gasteiger partial charge in [0.2, 0.25) is 5.91 Å². The van der Waals surface area contributed by atoms with Gasteiger partial charge in [-0.1, -0.05) is 36.7 Å². The van der Waals surface area contributed by atoms with Crippen molar-refractivity contribution < 1.29 is 9.18 Å². The van der Waals surface area contributed by atoms with E-state index in [2.05, 4.69) is 5.32 Å². The standard InChI is InChI=1S/C23H26FN3O2S2/c1-4-27-22(29)19-18(15-9-11-16(24)12-10-15)13(2)30-21(19)26-23(27)31-14(3)20(28)25-17-7-5-6-8-17/h9-12,14,17H,4-8H2,1-3H3,(H,25,28). The van der Waals surface area contributed by atoms with Crippen LogP contribution >= 0.6 is 23.1 Å². The lowest BCUT2D eigenvalue weighted by Gasteiger charge is -2.17. The molecular formula is C23H26FN3O2S2. The molecule has 1 fully saturated rings. The number of carbonyl (C=O) groups is 1. The molecule has 4 rings (SSSR count). The number of thioether (sulfide) groups is 1. The number of nitrogens with one attached hydrogen (secondary N) is 1. The predicted octanol–water partition coefficient (Wildman–Crippen LogP) is 5.13. The van der Waals surface area contributed by atoms with Gasteiger partial charge >= 0.3 is 0 Å². The quantitative estimate of drug-likeness (QED) is 0.410. The lowest BCUT2D eigenvalue weighted by Crippen LogP contribution is -2.38. The van der Waals surface area contributed by atoms with Crippen LogP contribution in [0.2, 0.25) is 0 Å². The highest BCUT2D eigenvalue weighted by Gasteiger charge is 2.25. The zero-order valence-electron chi connectivity index (χ0n) is 17.9. The van der Waals surface area contributed by atoms with Gasteiger partial charge in [0.15, 0.2) is 5.16 Å². The largest absolute Gasteiger partial charge is 0.352 e. The van der Waals surface area contributed by atoms with E-state index >= 15 is 0 Å². The van der Waals surface area contributed by atoms with Gasteiger partial charge in [-0.25, -0.2) is 9.37 Å². The van der Waals surface area contributed by atoms with Crippen LogP contribution in [0, 0.1) is 12.7 Å². The Labute approximate surface area is 189 Å². The van der Waals surface area contributed by atoms with Crippen molar-refractivity contribution in [2.75, 3.05) is 0 Å². The van der Waals surface area contributed by atoms with Crippen LogP contribution in [0.4, 0.5) is 4.39 Å². The first-order valence-electron chi connectivity index (χ1n) is 10.7. The van der Waals surface area contributed by atoms with E-state index in [0.717, 1.165) is 41.7 Å². The van der Waals surface area contributed by atoms with E-state index in [9.17, 15) is 14.0 Å². The van der Waals surface area contributed by atoms with E-state index in [1.54, 1.807) is 16.7 Å². The summed E-state index contributed by atoms with van der Waals surface area (Å²) in [6.45, 7) is 6.16. The summed E-state index contributed by atoms with van der Waals surface area (Å²) in [7, 11) is 0. The van der Waals surface area contributed by atoms with Crippen molar-refractivity contribution in [3.63, 3.8) is 0 Å². The van der Waals surface area contributed by atoms with Crippen molar-refractivity contribution in [3.05, 3.63) is 45.3 Å². The first-order chi connectivity index (χ1) is 14.9. The van der Waals surface area contributed by atoms with Crippen molar-refractivity contribution >= 4 is 39.2 Å². The predicted molar refractivity (Wildman–Crippen MR) is 125 cm³/mol. The van der Waals surface area contributed by atoms with Gasteiger partial charge in [-0.3, -0.25) is 14.2 Å². The molecule has 2 aromatic heterocycles. The maximum absolute atomic E-state index is 13.4. The lowest BCUT2D eigenvalue weighted by atomic mass is 10.0. The molecule has 0 bridgehead atoms. The zero-order chi connectivity index (χ0) is 22.1. The summed E-state index contributed by atoms with van der Waals surface area (Å²) in [6.07, 6.45) is 4.39. The van der Waals surface area contributed by atoms with Gasteiger partial charge < -0.3 is 5.32 Å². The Bertz CT molecular complexity index is 1160. The average molecular weight is 460 g/mol. The highest BCUT2D eigenvalue weighted by atomic mass is 32.2. The fourth-order valence-corrected chi connectivity index (χ4v) is 6.18. The van der Waals surface area contributed by atoms with Crippen molar-refractivity contribution in [2.45, 2.75) is 69.4 Å². The Morgan fingerprint density at radius 3 is 2.65 bits per heavy atom. The fraction of sp³-hybridized carbons (Fsp3) is 0.435. The van der Waals surface area contributed by atoms with Crippen LogP contribution in [0.3, 0.4) is 0 Å². The van der Waals surface area contributed by atoms with E-state index in [4.69, 9.17) is 4.98 Å². The second-order valence-corrected chi connectivity index (χ2v) is 10.4. The number of carbonyl (C=O) groups excluding carboxylic acids is 1. The third-order valence-corrected chi connectivity index (χ3v) is 7.84.